The first-order chi connectivity index (χ1) is 13.5. The van der Waals surface area contributed by atoms with Crippen molar-refractivity contribution in [2.45, 2.75) is 39.0 Å². The molecule has 0 aliphatic heterocycles. The maximum atomic E-state index is 13.2. The van der Waals surface area contributed by atoms with Gasteiger partial charge in [-0.15, -0.1) is 0 Å². The van der Waals surface area contributed by atoms with E-state index in [2.05, 4.69) is 0 Å². The van der Waals surface area contributed by atoms with Gasteiger partial charge in [0, 0.05) is 26.1 Å². The molecule has 28 heavy (non-hydrogen) atoms. The van der Waals surface area contributed by atoms with Gasteiger partial charge in [0.15, 0.2) is 0 Å². The zero-order valence-corrected chi connectivity index (χ0v) is 16.4. The van der Waals surface area contributed by atoms with Crippen LogP contribution in [0, 0.1) is 5.82 Å². The smallest absolute Gasteiger partial charge is 0.305 e. The highest BCUT2D eigenvalue weighted by Gasteiger charge is 2.15. The van der Waals surface area contributed by atoms with Gasteiger partial charge in [-0.3, -0.25) is 9.69 Å². The van der Waals surface area contributed by atoms with Crippen LogP contribution in [-0.4, -0.2) is 42.3 Å². The lowest BCUT2D eigenvalue weighted by Gasteiger charge is -2.25. The van der Waals surface area contributed by atoms with Crippen molar-refractivity contribution >= 4 is 5.97 Å². The molecular formula is C22H28FNO4. The second kappa shape index (κ2) is 11.4. The summed E-state index contributed by atoms with van der Waals surface area (Å²) < 4.78 is 23.6. The van der Waals surface area contributed by atoms with Gasteiger partial charge in [-0.2, -0.15) is 0 Å². The van der Waals surface area contributed by atoms with Gasteiger partial charge in [0.05, 0.1) is 7.11 Å². The molecule has 0 amide bonds. The minimum atomic E-state index is -0.813. The minimum absolute atomic E-state index is 0.0448. The largest absolute Gasteiger partial charge is 0.497 e. The van der Waals surface area contributed by atoms with Crippen LogP contribution in [0.25, 0.3) is 0 Å². The lowest BCUT2D eigenvalue weighted by Crippen LogP contribution is -2.34. The number of hydrogen-bond donors (Lipinski definition) is 1. The molecule has 0 radical (unpaired) electrons. The fraction of sp³-hybridized carbons (Fsp3) is 0.409. The summed E-state index contributed by atoms with van der Waals surface area (Å²) in [7, 11) is 1.61. The van der Waals surface area contributed by atoms with Gasteiger partial charge in [-0.1, -0.05) is 31.2 Å². The number of aliphatic hydroxyl groups is 1. The molecule has 152 valence electrons. The third-order valence-corrected chi connectivity index (χ3v) is 4.22. The summed E-state index contributed by atoms with van der Waals surface area (Å²) in [5.41, 5.74) is 1.95. The number of ether oxygens (including phenoxy) is 2. The Hall–Kier alpha value is -2.44. The molecule has 0 spiro atoms. The predicted octanol–water partition coefficient (Wildman–Crippen LogP) is 3.54. The third-order valence-electron chi connectivity index (χ3n) is 4.22. The van der Waals surface area contributed by atoms with E-state index in [1.165, 1.54) is 12.1 Å². The molecule has 1 N–H and O–H groups in total. The molecule has 2 rings (SSSR count). The van der Waals surface area contributed by atoms with Crippen molar-refractivity contribution in [2.24, 2.45) is 0 Å². The quantitative estimate of drug-likeness (QED) is 0.596. The molecule has 0 heterocycles. The van der Waals surface area contributed by atoms with E-state index in [-0.39, 0.29) is 18.4 Å². The summed E-state index contributed by atoms with van der Waals surface area (Å²) in [5.74, 6) is 0.165. The molecule has 0 aliphatic rings. The molecule has 0 saturated heterocycles. The highest BCUT2D eigenvalue weighted by atomic mass is 19.1. The molecule has 6 heteroatoms. The number of hydrogen-bond acceptors (Lipinski definition) is 5. The van der Waals surface area contributed by atoms with E-state index < -0.39 is 6.10 Å². The summed E-state index contributed by atoms with van der Waals surface area (Å²) in [6.07, 6.45) is 0.240. The summed E-state index contributed by atoms with van der Waals surface area (Å²) in [4.78, 5) is 13.5. The lowest BCUT2D eigenvalue weighted by atomic mass is 10.1. The minimum Gasteiger partial charge on any atom is -0.497 e. The monoisotopic (exact) mass is 389 g/mol. The molecular weight excluding hydrogens is 361 g/mol. The van der Waals surface area contributed by atoms with Crippen LogP contribution in [0.2, 0.25) is 0 Å². The number of rotatable bonds is 11. The van der Waals surface area contributed by atoms with Crippen molar-refractivity contribution in [3.05, 3.63) is 65.5 Å². The van der Waals surface area contributed by atoms with Crippen molar-refractivity contribution in [2.75, 3.05) is 20.3 Å². The van der Waals surface area contributed by atoms with Crippen LogP contribution in [-0.2, 0) is 22.6 Å². The van der Waals surface area contributed by atoms with E-state index in [0.29, 0.717) is 32.5 Å². The SMILES string of the molecule is CCCC(=O)OC[C@H](O)CN(Cc1ccc(F)cc1)Cc1cccc(OC)c1. The Morgan fingerprint density at radius 3 is 2.54 bits per heavy atom. The molecule has 1 atom stereocenters. The van der Waals surface area contributed by atoms with Gasteiger partial charge < -0.3 is 14.6 Å². The molecule has 0 fully saturated rings. The first-order valence-electron chi connectivity index (χ1n) is 9.43. The Kier molecular flexibility index (Phi) is 8.91. The molecule has 5 nitrogen and oxygen atoms in total. The van der Waals surface area contributed by atoms with Gasteiger partial charge >= 0.3 is 5.97 Å². The van der Waals surface area contributed by atoms with E-state index in [4.69, 9.17) is 9.47 Å². The Labute approximate surface area is 165 Å². The standard InChI is InChI=1S/C22H28FNO4/c1-3-5-22(26)28-16-20(25)15-24(13-17-8-10-19(23)11-9-17)14-18-6-4-7-21(12-18)27-2/h4,6-12,20,25H,3,5,13-16H2,1-2H3/t20-/m1/s1. The topological polar surface area (TPSA) is 59.0 Å². The summed E-state index contributed by atoms with van der Waals surface area (Å²) in [6, 6.07) is 14.0. The van der Waals surface area contributed by atoms with Crippen molar-refractivity contribution in [1.82, 2.24) is 4.90 Å². The Balaban J connectivity index is 2.04. The fourth-order valence-electron chi connectivity index (χ4n) is 2.88. The highest BCUT2D eigenvalue weighted by molar-refractivity contribution is 5.69. The zero-order valence-electron chi connectivity index (χ0n) is 16.4. The average Bonchev–Trinajstić information content (AvgIpc) is 2.68. The third kappa shape index (κ3) is 7.66. The van der Waals surface area contributed by atoms with Crippen LogP contribution in [0.3, 0.4) is 0 Å². The van der Waals surface area contributed by atoms with Crippen LogP contribution in [0.5, 0.6) is 5.75 Å². The Morgan fingerprint density at radius 2 is 1.86 bits per heavy atom. The first kappa shape index (κ1) is 21.9. The van der Waals surface area contributed by atoms with Crippen LogP contribution in [0.4, 0.5) is 4.39 Å². The van der Waals surface area contributed by atoms with Gasteiger partial charge in [-0.25, -0.2) is 4.39 Å². The van der Waals surface area contributed by atoms with Gasteiger partial charge in [-0.05, 0) is 41.8 Å². The summed E-state index contributed by atoms with van der Waals surface area (Å²) in [5, 5.41) is 10.3. The number of nitrogens with zero attached hydrogens (tertiary/aromatic N) is 1. The van der Waals surface area contributed by atoms with Crippen molar-refractivity contribution in [1.29, 1.82) is 0 Å². The van der Waals surface area contributed by atoms with Crippen molar-refractivity contribution in [3.63, 3.8) is 0 Å². The first-order valence-corrected chi connectivity index (χ1v) is 9.43. The Bertz CT molecular complexity index is 736. The van der Waals surface area contributed by atoms with Crippen LogP contribution in [0.1, 0.15) is 30.9 Å². The van der Waals surface area contributed by atoms with Crippen molar-refractivity contribution in [3.8, 4) is 5.75 Å². The average molecular weight is 389 g/mol. The second-order valence-electron chi connectivity index (χ2n) is 6.73. The van der Waals surface area contributed by atoms with Crippen LogP contribution < -0.4 is 4.74 Å². The van der Waals surface area contributed by atoms with E-state index in [9.17, 15) is 14.3 Å². The molecule has 0 aromatic heterocycles. The predicted molar refractivity (Wildman–Crippen MR) is 105 cm³/mol. The molecule has 2 aromatic rings. The van der Waals surface area contributed by atoms with E-state index in [1.807, 2.05) is 36.1 Å². The fourth-order valence-corrected chi connectivity index (χ4v) is 2.88. The molecule has 0 aliphatic carbocycles. The van der Waals surface area contributed by atoms with E-state index >= 15 is 0 Å². The lowest BCUT2D eigenvalue weighted by molar-refractivity contribution is -0.147. The molecule has 0 bridgehead atoms. The van der Waals surface area contributed by atoms with Crippen LogP contribution in [0.15, 0.2) is 48.5 Å². The normalized spacial score (nSPS) is 12.0. The Morgan fingerprint density at radius 1 is 1.14 bits per heavy atom. The number of benzene rings is 2. The molecule has 2 aromatic carbocycles. The number of aliphatic hydroxyl groups excluding tert-OH is 1. The zero-order chi connectivity index (χ0) is 20.4. The van der Waals surface area contributed by atoms with Crippen molar-refractivity contribution < 1.29 is 23.8 Å². The van der Waals surface area contributed by atoms with Gasteiger partial charge in [0.1, 0.15) is 24.3 Å². The summed E-state index contributed by atoms with van der Waals surface area (Å²) >= 11 is 0. The second-order valence-corrected chi connectivity index (χ2v) is 6.73. The van der Waals surface area contributed by atoms with Gasteiger partial charge in [0.2, 0.25) is 0 Å². The maximum Gasteiger partial charge on any atom is 0.305 e. The van der Waals surface area contributed by atoms with Gasteiger partial charge in [0.25, 0.3) is 0 Å². The van der Waals surface area contributed by atoms with E-state index in [1.54, 1.807) is 19.2 Å². The highest BCUT2D eigenvalue weighted by Crippen LogP contribution is 2.16. The number of esters is 1. The number of methoxy groups -OCH3 is 1. The maximum absolute atomic E-state index is 13.2. The molecule has 0 unspecified atom stereocenters. The molecule has 0 saturated carbocycles. The summed E-state index contributed by atoms with van der Waals surface area (Å²) in [6.45, 7) is 3.26. The number of halogens is 1. The van der Waals surface area contributed by atoms with Crippen LogP contribution >= 0.6 is 0 Å². The van der Waals surface area contributed by atoms with E-state index in [0.717, 1.165) is 16.9 Å². The number of carbonyl (C=O) groups excluding carboxylic acids is 1. The number of carbonyl (C=O) groups is 1.